The fourth-order valence-electron chi connectivity index (χ4n) is 1.57. The Morgan fingerprint density at radius 1 is 1.00 bits per heavy atom. The Morgan fingerprint density at radius 3 is 1.65 bits per heavy atom. The molecule has 0 aromatic rings. The summed E-state index contributed by atoms with van der Waals surface area (Å²) in [6.45, 7) is 7.76. The Bertz CT molecular complexity index is 213. The third-order valence-electron chi connectivity index (χ3n) is 2.55. The highest BCUT2D eigenvalue weighted by Crippen LogP contribution is 2.46. The van der Waals surface area contributed by atoms with Crippen LogP contribution in [0.25, 0.3) is 0 Å². The number of unbranched alkanes of at least 4 members (excludes halogenated alkanes) is 2. The van der Waals surface area contributed by atoms with Crippen molar-refractivity contribution in [2.45, 2.75) is 78.4 Å². The van der Waals surface area contributed by atoms with E-state index >= 15 is 0 Å². The molecule has 0 aliphatic heterocycles. The normalized spacial score (nSPS) is 18.6. The van der Waals surface area contributed by atoms with Crippen molar-refractivity contribution in [2.24, 2.45) is 0 Å². The fourth-order valence-corrected chi connectivity index (χ4v) is 2.74. The van der Waals surface area contributed by atoms with Gasteiger partial charge >= 0.3 is 7.82 Å². The van der Waals surface area contributed by atoms with E-state index in [9.17, 15) is 9.46 Å². The summed E-state index contributed by atoms with van der Waals surface area (Å²) in [4.78, 5) is 9.57. The highest BCUT2D eigenvalue weighted by atomic mass is 31.2. The molecule has 0 aliphatic carbocycles. The highest BCUT2D eigenvalue weighted by molar-refractivity contribution is 7.47. The number of phosphoric acid groups is 1. The van der Waals surface area contributed by atoms with Gasteiger partial charge in [-0.3, -0.25) is 9.05 Å². The molecule has 0 bridgehead atoms. The van der Waals surface area contributed by atoms with Crippen LogP contribution in [0.4, 0.5) is 0 Å². The molecule has 0 aromatic heterocycles. The van der Waals surface area contributed by atoms with E-state index in [-0.39, 0.29) is 12.2 Å². The summed E-state index contributed by atoms with van der Waals surface area (Å²) in [5.74, 6) is 0. The average molecular weight is 266 g/mol. The van der Waals surface area contributed by atoms with Crippen LogP contribution in [0, 0.1) is 0 Å². The van der Waals surface area contributed by atoms with E-state index in [2.05, 4.69) is 13.8 Å². The monoisotopic (exact) mass is 266 g/mol. The summed E-state index contributed by atoms with van der Waals surface area (Å²) < 4.78 is 21.8. The quantitative estimate of drug-likeness (QED) is 0.600. The van der Waals surface area contributed by atoms with Crippen molar-refractivity contribution in [3.63, 3.8) is 0 Å². The van der Waals surface area contributed by atoms with Crippen LogP contribution in [0.5, 0.6) is 0 Å². The summed E-state index contributed by atoms with van der Waals surface area (Å²) in [5, 5.41) is 0. The topological polar surface area (TPSA) is 55.8 Å². The number of hydrogen-bond donors (Lipinski definition) is 1. The molecule has 17 heavy (non-hydrogen) atoms. The maximum atomic E-state index is 11.7. The van der Waals surface area contributed by atoms with Gasteiger partial charge in [-0.05, 0) is 26.7 Å². The molecule has 0 aromatic carbocycles. The summed E-state index contributed by atoms with van der Waals surface area (Å²) in [7, 11) is -3.89. The lowest BCUT2D eigenvalue weighted by Gasteiger charge is -2.20. The zero-order valence-electron chi connectivity index (χ0n) is 11.5. The van der Waals surface area contributed by atoms with Gasteiger partial charge in [0.05, 0.1) is 12.2 Å². The van der Waals surface area contributed by atoms with Crippen molar-refractivity contribution in [3.8, 4) is 0 Å². The molecule has 2 unspecified atom stereocenters. The van der Waals surface area contributed by atoms with E-state index in [1.54, 1.807) is 13.8 Å². The van der Waals surface area contributed by atoms with Gasteiger partial charge in [-0.15, -0.1) is 0 Å². The minimum Gasteiger partial charge on any atom is -0.302 e. The standard InChI is InChI=1S/C12H27O4P/c1-5-7-9-11(3)15-17(13,14)16-12(4)10-8-6-2/h11-12H,5-10H2,1-4H3,(H,13,14). The van der Waals surface area contributed by atoms with Crippen LogP contribution in [0.1, 0.15) is 66.2 Å². The fraction of sp³-hybridized carbons (Fsp3) is 1.00. The van der Waals surface area contributed by atoms with E-state index in [0.29, 0.717) is 0 Å². The van der Waals surface area contributed by atoms with E-state index in [0.717, 1.165) is 38.5 Å². The summed E-state index contributed by atoms with van der Waals surface area (Å²) in [6, 6.07) is 0. The molecule has 4 nitrogen and oxygen atoms in total. The second kappa shape index (κ2) is 9.09. The first-order chi connectivity index (χ1) is 7.91. The molecule has 1 N–H and O–H groups in total. The Kier molecular flexibility index (Phi) is 9.15. The van der Waals surface area contributed by atoms with Gasteiger partial charge in [0.25, 0.3) is 0 Å². The maximum Gasteiger partial charge on any atom is 0.472 e. The number of hydrogen-bond acceptors (Lipinski definition) is 3. The molecule has 5 heteroatoms. The van der Waals surface area contributed by atoms with Gasteiger partial charge in [-0.1, -0.05) is 39.5 Å². The maximum absolute atomic E-state index is 11.7. The molecule has 0 fully saturated rings. The average Bonchev–Trinajstić information content (AvgIpc) is 2.22. The number of phosphoric ester groups is 1. The van der Waals surface area contributed by atoms with Gasteiger partial charge in [-0.25, -0.2) is 4.57 Å². The zero-order valence-corrected chi connectivity index (χ0v) is 12.4. The molecule has 0 amide bonds. The first kappa shape index (κ1) is 17.1. The Balaban J connectivity index is 3.96. The van der Waals surface area contributed by atoms with Crippen LogP contribution in [-0.4, -0.2) is 17.1 Å². The van der Waals surface area contributed by atoms with E-state index in [4.69, 9.17) is 9.05 Å². The van der Waals surface area contributed by atoms with Gasteiger partial charge in [0.1, 0.15) is 0 Å². The van der Waals surface area contributed by atoms with Gasteiger partial charge in [0.2, 0.25) is 0 Å². The van der Waals surface area contributed by atoms with Crippen molar-refractivity contribution >= 4 is 7.82 Å². The summed E-state index contributed by atoms with van der Waals surface area (Å²) in [5.41, 5.74) is 0. The Hall–Kier alpha value is 0.110. The molecule has 0 spiro atoms. The van der Waals surface area contributed by atoms with Crippen LogP contribution >= 0.6 is 7.82 Å². The molecular formula is C12H27O4P. The molecule has 0 radical (unpaired) electrons. The second-order valence-electron chi connectivity index (χ2n) is 4.59. The van der Waals surface area contributed by atoms with E-state index < -0.39 is 7.82 Å². The zero-order chi connectivity index (χ0) is 13.3. The lowest BCUT2D eigenvalue weighted by molar-refractivity contribution is 0.0785. The molecule has 0 heterocycles. The van der Waals surface area contributed by atoms with Crippen molar-refractivity contribution < 1.29 is 18.5 Å². The Morgan fingerprint density at radius 2 is 1.35 bits per heavy atom. The predicted octanol–water partition coefficient (Wildman–Crippen LogP) is 4.28. The largest absolute Gasteiger partial charge is 0.472 e. The van der Waals surface area contributed by atoms with Gasteiger partial charge in [0, 0.05) is 0 Å². The third kappa shape index (κ3) is 9.78. The van der Waals surface area contributed by atoms with Crippen LogP contribution < -0.4 is 0 Å². The number of rotatable bonds is 10. The molecular weight excluding hydrogens is 239 g/mol. The van der Waals surface area contributed by atoms with Crippen molar-refractivity contribution in [3.05, 3.63) is 0 Å². The predicted molar refractivity (Wildman–Crippen MR) is 70.0 cm³/mol. The second-order valence-corrected chi connectivity index (χ2v) is 5.94. The third-order valence-corrected chi connectivity index (χ3v) is 3.81. The first-order valence-electron chi connectivity index (χ1n) is 6.60. The lowest BCUT2D eigenvalue weighted by atomic mass is 10.2. The van der Waals surface area contributed by atoms with Crippen molar-refractivity contribution in [1.82, 2.24) is 0 Å². The molecule has 0 aliphatic rings. The molecule has 0 saturated carbocycles. The van der Waals surface area contributed by atoms with Gasteiger partial charge in [-0.2, -0.15) is 0 Å². The van der Waals surface area contributed by atoms with Gasteiger partial charge < -0.3 is 4.89 Å². The van der Waals surface area contributed by atoms with Crippen LogP contribution in [0.3, 0.4) is 0 Å². The molecule has 0 saturated heterocycles. The Labute approximate surface area is 105 Å². The molecule has 2 atom stereocenters. The highest BCUT2D eigenvalue weighted by Gasteiger charge is 2.26. The summed E-state index contributed by atoms with van der Waals surface area (Å²) >= 11 is 0. The van der Waals surface area contributed by atoms with Crippen molar-refractivity contribution in [1.29, 1.82) is 0 Å². The van der Waals surface area contributed by atoms with E-state index in [1.165, 1.54) is 0 Å². The van der Waals surface area contributed by atoms with Crippen molar-refractivity contribution in [2.75, 3.05) is 0 Å². The van der Waals surface area contributed by atoms with E-state index in [1.807, 2.05) is 0 Å². The minimum atomic E-state index is -3.89. The van der Waals surface area contributed by atoms with Crippen LogP contribution in [0.2, 0.25) is 0 Å². The first-order valence-corrected chi connectivity index (χ1v) is 8.10. The smallest absolute Gasteiger partial charge is 0.302 e. The SMILES string of the molecule is CCCCC(C)OP(=O)(O)OC(C)CCCC. The van der Waals surface area contributed by atoms with Crippen LogP contribution in [0.15, 0.2) is 0 Å². The molecule has 0 rings (SSSR count). The minimum absolute atomic E-state index is 0.232. The van der Waals surface area contributed by atoms with Crippen LogP contribution in [-0.2, 0) is 13.6 Å². The van der Waals surface area contributed by atoms with Gasteiger partial charge in [0.15, 0.2) is 0 Å². The lowest BCUT2D eigenvalue weighted by Crippen LogP contribution is -2.12. The molecule has 104 valence electrons. The summed E-state index contributed by atoms with van der Waals surface area (Å²) in [6.07, 6.45) is 5.20.